The molecule has 1 amide bonds. The van der Waals surface area contributed by atoms with Crippen LogP contribution in [0.15, 0.2) is 0 Å². The molecule has 0 bridgehead atoms. The third-order valence-electron chi connectivity index (χ3n) is 3.94. The molecule has 0 fully saturated rings. The van der Waals surface area contributed by atoms with E-state index in [0.29, 0.717) is 5.92 Å². The Labute approximate surface area is 116 Å². The summed E-state index contributed by atoms with van der Waals surface area (Å²) in [6.07, 6.45) is 0. The standard InChI is InChI=1S/C14H29N3O2/c1-10(2)14(5,6)17(7)9-12(19)16-8-11(18)13(3,4)15/h10H,8-9,15H2,1-7H3,(H,16,19). The minimum Gasteiger partial charge on any atom is -0.348 e. The van der Waals surface area contributed by atoms with Gasteiger partial charge in [-0.05, 0) is 40.7 Å². The number of rotatable bonds is 7. The van der Waals surface area contributed by atoms with Crippen molar-refractivity contribution in [3.05, 3.63) is 0 Å². The van der Waals surface area contributed by atoms with E-state index >= 15 is 0 Å². The monoisotopic (exact) mass is 271 g/mol. The van der Waals surface area contributed by atoms with Crippen molar-refractivity contribution in [1.82, 2.24) is 10.2 Å². The highest BCUT2D eigenvalue weighted by molar-refractivity contribution is 5.92. The van der Waals surface area contributed by atoms with Crippen molar-refractivity contribution < 1.29 is 9.59 Å². The molecule has 5 nitrogen and oxygen atoms in total. The van der Waals surface area contributed by atoms with Gasteiger partial charge in [0.15, 0.2) is 5.78 Å². The van der Waals surface area contributed by atoms with Gasteiger partial charge in [0.25, 0.3) is 0 Å². The number of hydrogen-bond acceptors (Lipinski definition) is 4. The highest BCUT2D eigenvalue weighted by Crippen LogP contribution is 2.21. The predicted octanol–water partition coefficient (Wildman–Crippen LogP) is 0.775. The second kappa shape index (κ2) is 6.48. The lowest BCUT2D eigenvalue weighted by atomic mass is 9.89. The number of hydrogen-bond donors (Lipinski definition) is 2. The molecule has 0 saturated heterocycles. The molecular formula is C14H29N3O2. The Morgan fingerprint density at radius 2 is 1.68 bits per heavy atom. The molecule has 0 rings (SSSR count). The quantitative estimate of drug-likeness (QED) is 0.717. The van der Waals surface area contributed by atoms with Gasteiger partial charge in [-0.3, -0.25) is 14.5 Å². The van der Waals surface area contributed by atoms with Crippen LogP contribution < -0.4 is 11.1 Å². The fourth-order valence-electron chi connectivity index (χ4n) is 1.32. The minimum atomic E-state index is -0.906. The van der Waals surface area contributed by atoms with E-state index in [4.69, 9.17) is 5.73 Å². The van der Waals surface area contributed by atoms with Gasteiger partial charge in [0.05, 0.1) is 18.6 Å². The summed E-state index contributed by atoms with van der Waals surface area (Å²) in [5, 5.41) is 2.62. The zero-order chi connectivity index (χ0) is 15.4. The van der Waals surface area contributed by atoms with Gasteiger partial charge in [-0.25, -0.2) is 0 Å². The van der Waals surface area contributed by atoms with E-state index < -0.39 is 5.54 Å². The highest BCUT2D eigenvalue weighted by Gasteiger charge is 2.29. The van der Waals surface area contributed by atoms with Crippen molar-refractivity contribution in [2.24, 2.45) is 11.7 Å². The SMILES string of the molecule is CC(C)C(C)(C)N(C)CC(=O)NCC(=O)C(C)(C)N. The van der Waals surface area contributed by atoms with Gasteiger partial charge in [0, 0.05) is 5.54 Å². The molecule has 19 heavy (non-hydrogen) atoms. The molecule has 0 aromatic carbocycles. The van der Waals surface area contributed by atoms with Crippen molar-refractivity contribution in [2.45, 2.75) is 52.6 Å². The van der Waals surface area contributed by atoms with Crippen LogP contribution >= 0.6 is 0 Å². The molecule has 5 heteroatoms. The van der Waals surface area contributed by atoms with Crippen LogP contribution in [0.1, 0.15) is 41.5 Å². The Hall–Kier alpha value is -0.940. The van der Waals surface area contributed by atoms with Gasteiger partial charge >= 0.3 is 0 Å². The molecule has 0 spiro atoms. The Kier molecular flexibility index (Phi) is 6.16. The van der Waals surface area contributed by atoms with Crippen molar-refractivity contribution in [3.63, 3.8) is 0 Å². The largest absolute Gasteiger partial charge is 0.348 e. The Morgan fingerprint density at radius 1 is 1.21 bits per heavy atom. The number of nitrogens with zero attached hydrogens (tertiary/aromatic N) is 1. The molecular weight excluding hydrogens is 242 g/mol. The van der Waals surface area contributed by atoms with Crippen LogP contribution in [-0.4, -0.2) is 47.8 Å². The average Bonchev–Trinajstić information content (AvgIpc) is 2.23. The van der Waals surface area contributed by atoms with E-state index in [1.807, 2.05) is 11.9 Å². The van der Waals surface area contributed by atoms with Crippen LogP contribution in [0.2, 0.25) is 0 Å². The van der Waals surface area contributed by atoms with Gasteiger partial charge in [-0.15, -0.1) is 0 Å². The van der Waals surface area contributed by atoms with Crippen LogP contribution in [0.4, 0.5) is 0 Å². The first-order valence-electron chi connectivity index (χ1n) is 6.69. The van der Waals surface area contributed by atoms with E-state index in [1.54, 1.807) is 13.8 Å². The van der Waals surface area contributed by atoms with Crippen molar-refractivity contribution in [1.29, 1.82) is 0 Å². The third kappa shape index (κ3) is 5.70. The summed E-state index contributed by atoms with van der Waals surface area (Å²) < 4.78 is 0. The summed E-state index contributed by atoms with van der Waals surface area (Å²) in [5.74, 6) is 0.0929. The fourth-order valence-corrected chi connectivity index (χ4v) is 1.32. The normalized spacial score (nSPS) is 12.9. The second-order valence-electron chi connectivity index (χ2n) is 6.59. The fraction of sp³-hybridized carbons (Fsp3) is 0.857. The molecule has 0 atom stereocenters. The van der Waals surface area contributed by atoms with E-state index in [-0.39, 0.29) is 30.3 Å². The van der Waals surface area contributed by atoms with Gasteiger partial charge in [0.1, 0.15) is 0 Å². The lowest BCUT2D eigenvalue weighted by Crippen LogP contribution is -2.52. The summed E-state index contributed by atoms with van der Waals surface area (Å²) >= 11 is 0. The number of carbonyl (C=O) groups is 2. The molecule has 0 aromatic rings. The van der Waals surface area contributed by atoms with Crippen LogP contribution in [0.25, 0.3) is 0 Å². The first kappa shape index (κ1) is 18.1. The maximum atomic E-state index is 11.8. The number of nitrogens with two attached hydrogens (primary N) is 1. The summed E-state index contributed by atoms with van der Waals surface area (Å²) in [5.41, 5.74) is 4.68. The number of nitrogens with one attached hydrogen (secondary N) is 1. The van der Waals surface area contributed by atoms with E-state index in [9.17, 15) is 9.59 Å². The summed E-state index contributed by atoms with van der Waals surface area (Å²) in [6.45, 7) is 12.0. The minimum absolute atomic E-state index is 0.0156. The molecule has 0 radical (unpaired) electrons. The van der Waals surface area contributed by atoms with E-state index in [0.717, 1.165) is 0 Å². The molecule has 3 N–H and O–H groups in total. The zero-order valence-corrected chi connectivity index (χ0v) is 13.3. The highest BCUT2D eigenvalue weighted by atomic mass is 16.2. The Bertz CT molecular complexity index is 330. The number of likely N-dealkylation sites (N-methyl/N-ethyl adjacent to an activating group) is 1. The van der Waals surface area contributed by atoms with Gasteiger partial charge in [0.2, 0.25) is 5.91 Å². The average molecular weight is 271 g/mol. The number of carbonyl (C=O) groups excluding carboxylic acids is 2. The van der Waals surface area contributed by atoms with Crippen molar-refractivity contribution >= 4 is 11.7 Å². The molecule has 0 aliphatic rings. The van der Waals surface area contributed by atoms with Gasteiger partial charge in [-0.2, -0.15) is 0 Å². The van der Waals surface area contributed by atoms with Crippen LogP contribution in [0, 0.1) is 5.92 Å². The summed E-state index contributed by atoms with van der Waals surface area (Å²) in [7, 11) is 1.91. The predicted molar refractivity (Wildman–Crippen MR) is 77.8 cm³/mol. The molecule has 0 aliphatic heterocycles. The van der Waals surface area contributed by atoms with Crippen molar-refractivity contribution in [2.75, 3.05) is 20.1 Å². The first-order valence-corrected chi connectivity index (χ1v) is 6.69. The van der Waals surface area contributed by atoms with Crippen molar-refractivity contribution in [3.8, 4) is 0 Å². The zero-order valence-electron chi connectivity index (χ0n) is 13.3. The molecule has 0 unspecified atom stereocenters. The molecule has 0 heterocycles. The van der Waals surface area contributed by atoms with Crippen LogP contribution in [0.3, 0.4) is 0 Å². The molecule has 0 saturated carbocycles. The maximum absolute atomic E-state index is 11.8. The summed E-state index contributed by atoms with van der Waals surface area (Å²) in [6, 6.07) is 0. The molecule has 112 valence electrons. The van der Waals surface area contributed by atoms with E-state index in [2.05, 4.69) is 33.0 Å². The first-order chi connectivity index (χ1) is 8.39. The smallest absolute Gasteiger partial charge is 0.234 e. The summed E-state index contributed by atoms with van der Waals surface area (Å²) in [4.78, 5) is 25.4. The third-order valence-corrected chi connectivity index (χ3v) is 3.94. The van der Waals surface area contributed by atoms with Gasteiger partial charge < -0.3 is 11.1 Å². The Morgan fingerprint density at radius 3 is 2.05 bits per heavy atom. The lowest BCUT2D eigenvalue weighted by molar-refractivity contribution is -0.128. The topological polar surface area (TPSA) is 75.4 Å². The van der Waals surface area contributed by atoms with E-state index in [1.165, 1.54) is 0 Å². The van der Waals surface area contributed by atoms with Crippen LogP contribution in [0.5, 0.6) is 0 Å². The van der Waals surface area contributed by atoms with Gasteiger partial charge in [-0.1, -0.05) is 13.8 Å². The lowest BCUT2D eigenvalue weighted by Gasteiger charge is -2.38. The second-order valence-corrected chi connectivity index (χ2v) is 6.59. The van der Waals surface area contributed by atoms with Crippen LogP contribution in [-0.2, 0) is 9.59 Å². The Balaban J connectivity index is 4.31. The molecule has 0 aromatic heterocycles. The molecule has 0 aliphatic carbocycles. The number of amides is 1. The maximum Gasteiger partial charge on any atom is 0.234 e. The number of ketones is 1. The number of Topliss-reactive ketones (excluding diaryl/α,β-unsaturated/α-hetero) is 1.